The summed E-state index contributed by atoms with van der Waals surface area (Å²) in [5, 5.41) is 35.1. The van der Waals surface area contributed by atoms with E-state index in [9.17, 15) is 0 Å². The second-order valence-electron chi connectivity index (χ2n) is 12.6. The van der Waals surface area contributed by atoms with Crippen molar-refractivity contribution in [3.8, 4) is 58.3 Å². The van der Waals surface area contributed by atoms with Crippen molar-refractivity contribution in [2.75, 3.05) is 0 Å². The van der Waals surface area contributed by atoms with Crippen molar-refractivity contribution in [2.45, 2.75) is 19.8 Å². The molecule has 19 heteroatoms. The normalized spacial score (nSPS) is 10.8. The topological polar surface area (TPSA) is 175 Å². The van der Waals surface area contributed by atoms with Gasteiger partial charge in [-0.05, 0) is 73.2 Å². The Labute approximate surface area is 363 Å². The molecule has 0 unspecified atom stereocenters. The third kappa shape index (κ3) is 9.56. The first-order valence-corrected chi connectivity index (χ1v) is 19.1. The van der Waals surface area contributed by atoms with E-state index in [0.717, 1.165) is 5.56 Å². The highest BCUT2D eigenvalue weighted by Crippen LogP contribution is 2.38. The number of nitrogens with zero attached hydrogens (tertiary/aromatic N) is 6. The van der Waals surface area contributed by atoms with Crippen LogP contribution in [-0.4, -0.2) is 30.4 Å². The first kappa shape index (κ1) is 41.8. The smallest absolute Gasteiger partial charge is 0.265 e. The van der Waals surface area contributed by atoms with Gasteiger partial charge in [0.1, 0.15) is 22.9 Å². The molecule has 0 bridgehead atoms. The van der Waals surface area contributed by atoms with Crippen LogP contribution in [0.3, 0.4) is 0 Å². The summed E-state index contributed by atoms with van der Waals surface area (Å²) >= 11 is 30.3. The summed E-state index contributed by atoms with van der Waals surface area (Å²) < 4.78 is 52.7. The minimum absolute atomic E-state index is 0.00365. The number of benzene rings is 4. The Morgan fingerprint density at radius 2 is 1.07 bits per heavy atom. The van der Waals surface area contributed by atoms with Gasteiger partial charge in [0.2, 0.25) is 11.8 Å². The Morgan fingerprint density at radius 1 is 0.600 bits per heavy atom. The molecule has 12 nitrogen and oxygen atoms in total. The van der Waals surface area contributed by atoms with Crippen LogP contribution in [-0.2, 0) is 12.8 Å². The maximum atomic E-state index is 15.1. The van der Waals surface area contributed by atoms with E-state index in [1.165, 1.54) is 60.7 Å². The maximum absolute atomic E-state index is 15.1. The molecule has 60 heavy (non-hydrogen) atoms. The Bertz CT molecular complexity index is 2750. The predicted octanol–water partition coefficient (Wildman–Crippen LogP) is 12.5. The van der Waals surface area contributed by atoms with Gasteiger partial charge in [-0.15, -0.1) is 20.4 Å². The van der Waals surface area contributed by atoms with Crippen LogP contribution in [0.25, 0.3) is 23.2 Å². The Kier molecular flexibility index (Phi) is 12.7. The molecule has 0 fully saturated rings. The summed E-state index contributed by atoms with van der Waals surface area (Å²) in [7, 11) is 0. The maximum Gasteiger partial charge on any atom is 0.265 e. The number of aromatic amines is 2. The van der Waals surface area contributed by atoms with Gasteiger partial charge in [-0.3, -0.25) is 0 Å². The van der Waals surface area contributed by atoms with E-state index < -0.39 is 11.6 Å². The number of halogens is 7. The third-order valence-corrected chi connectivity index (χ3v) is 9.74. The average Bonchev–Trinajstić information content (AvgIpc) is 4.06. The van der Waals surface area contributed by atoms with Gasteiger partial charge in [0, 0.05) is 33.6 Å². The zero-order valence-electron chi connectivity index (χ0n) is 30.5. The molecule has 0 aliphatic rings. The summed E-state index contributed by atoms with van der Waals surface area (Å²) in [6, 6.07) is 22.2. The molecule has 2 N–H and O–H groups in total. The molecular formula is C41H23Cl5F2N8O4. The van der Waals surface area contributed by atoms with Gasteiger partial charge in [-0.2, -0.15) is 10.5 Å². The van der Waals surface area contributed by atoms with Crippen LogP contribution in [0.1, 0.15) is 39.6 Å². The molecule has 0 amide bonds. The predicted molar refractivity (Wildman–Crippen MR) is 219 cm³/mol. The molecular weight excluding hydrogens is 884 g/mol. The minimum Gasteiger partial charge on any atom is -0.453 e. The SMILES string of the molecule is Cc1cc[nH]c1-c1nnc(Cc2ccc(Cl)c(Oc3cc(Cl)cc(C#N)c3)c2F)o1.N#Cc1cc(Cl)cc(Oc2c(Cl)ccc(Cc3nnc(-c4[nH]ccc4Cl)o3)c2F)c1. The van der Waals surface area contributed by atoms with Crippen LogP contribution in [0.5, 0.6) is 23.0 Å². The Morgan fingerprint density at radius 3 is 1.50 bits per heavy atom. The molecule has 8 rings (SSSR count). The zero-order chi connectivity index (χ0) is 42.5. The molecule has 0 aliphatic carbocycles. The third-order valence-electron chi connectivity index (χ3n) is 8.39. The van der Waals surface area contributed by atoms with Gasteiger partial charge in [-0.1, -0.05) is 70.1 Å². The highest BCUT2D eigenvalue weighted by molar-refractivity contribution is 6.33. The van der Waals surface area contributed by atoms with Gasteiger partial charge in [0.15, 0.2) is 23.1 Å². The Balaban J connectivity index is 0.000000181. The van der Waals surface area contributed by atoms with Gasteiger partial charge >= 0.3 is 0 Å². The first-order chi connectivity index (χ1) is 28.9. The van der Waals surface area contributed by atoms with Crippen LogP contribution < -0.4 is 9.47 Å². The van der Waals surface area contributed by atoms with Crippen molar-refractivity contribution in [3.05, 3.63) is 162 Å². The minimum atomic E-state index is -0.696. The Hall–Kier alpha value is -6.39. The standard InChI is InChI=1S/C21H13Cl2FN4O2.C20H10Cl3FN4O2/c1-11-4-5-26-19(11)21-28-27-17(30-21)8-13-2-3-16(23)20(18(13)24)29-15-7-12(10-25)6-14(22)9-15;21-12-5-10(9-25)6-13(8-12)29-19-15(23)2-1-11(17(19)24)7-16-27-28-20(30-16)18-14(22)3-4-26-18/h2-7,9,26H,8H2,1H3;1-6,8,26H,7H2. The number of H-pyrrole nitrogens is 2. The summed E-state index contributed by atoms with van der Waals surface area (Å²) in [5.74, 6) is -0.450. The molecule has 0 atom stereocenters. The molecule has 8 aromatic rings. The van der Waals surface area contributed by atoms with E-state index in [1.807, 2.05) is 25.1 Å². The summed E-state index contributed by atoms with van der Waals surface area (Å²) in [6.07, 6.45) is 3.46. The number of nitrogens with one attached hydrogen (secondary N) is 2. The lowest BCUT2D eigenvalue weighted by Gasteiger charge is -2.11. The number of hydrogen-bond acceptors (Lipinski definition) is 10. The molecule has 4 aromatic carbocycles. The fourth-order valence-corrected chi connectivity index (χ4v) is 6.60. The van der Waals surface area contributed by atoms with E-state index in [0.29, 0.717) is 22.3 Å². The highest BCUT2D eigenvalue weighted by Gasteiger charge is 2.21. The molecule has 0 spiro atoms. The lowest BCUT2D eigenvalue weighted by atomic mass is 10.1. The summed E-state index contributed by atoms with van der Waals surface area (Å²) in [5.41, 5.74) is 3.18. The largest absolute Gasteiger partial charge is 0.453 e. The second-order valence-corrected chi connectivity index (χ2v) is 14.7. The van der Waals surface area contributed by atoms with Crippen LogP contribution in [0.15, 0.2) is 94.0 Å². The number of aromatic nitrogens is 6. The van der Waals surface area contributed by atoms with Crippen molar-refractivity contribution in [1.29, 1.82) is 10.5 Å². The molecule has 0 saturated carbocycles. The van der Waals surface area contributed by atoms with Crippen LogP contribution in [0, 0.1) is 41.2 Å². The van der Waals surface area contributed by atoms with E-state index in [2.05, 4.69) is 30.4 Å². The van der Waals surface area contributed by atoms with E-state index in [1.54, 1.807) is 18.5 Å². The summed E-state index contributed by atoms with van der Waals surface area (Å²) in [4.78, 5) is 5.92. The van der Waals surface area contributed by atoms with Crippen molar-refractivity contribution in [1.82, 2.24) is 30.4 Å². The molecule has 0 radical (unpaired) electrons. The number of rotatable bonds is 10. The zero-order valence-corrected chi connectivity index (χ0v) is 34.2. The quantitative estimate of drug-likeness (QED) is 0.134. The lowest BCUT2D eigenvalue weighted by Crippen LogP contribution is -1.98. The molecule has 0 aliphatic heterocycles. The highest BCUT2D eigenvalue weighted by atomic mass is 35.5. The first-order valence-electron chi connectivity index (χ1n) is 17.2. The monoisotopic (exact) mass is 904 g/mol. The fraction of sp³-hybridized carbons (Fsp3) is 0.0732. The van der Waals surface area contributed by atoms with Gasteiger partial charge < -0.3 is 28.3 Å². The van der Waals surface area contributed by atoms with Crippen LogP contribution in [0.4, 0.5) is 8.78 Å². The lowest BCUT2D eigenvalue weighted by molar-refractivity contribution is 0.437. The van der Waals surface area contributed by atoms with Crippen molar-refractivity contribution in [2.24, 2.45) is 0 Å². The van der Waals surface area contributed by atoms with Gasteiger partial charge in [0.05, 0.1) is 51.2 Å². The molecule has 4 aromatic heterocycles. The molecule has 4 heterocycles. The molecule has 0 saturated heterocycles. The van der Waals surface area contributed by atoms with Crippen molar-refractivity contribution >= 4 is 58.0 Å². The van der Waals surface area contributed by atoms with E-state index >= 15 is 8.78 Å². The number of nitriles is 2. The van der Waals surface area contributed by atoms with Gasteiger partial charge in [0.25, 0.3) is 11.8 Å². The van der Waals surface area contributed by atoms with E-state index in [4.69, 9.17) is 86.8 Å². The van der Waals surface area contributed by atoms with Crippen LogP contribution in [0.2, 0.25) is 25.1 Å². The fourth-order valence-electron chi connectivity index (χ4n) is 5.58. The number of ether oxygens (including phenoxy) is 2. The number of hydrogen-bond donors (Lipinski definition) is 2. The average molecular weight is 907 g/mol. The van der Waals surface area contributed by atoms with Crippen molar-refractivity contribution in [3.63, 3.8) is 0 Å². The summed E-state index contributed by atoms with van der Waals surface area (Å²) in [6.45, 7) is 1.91. The molecule has 300 valence electrons. The van der Waals surface area contributed by atoms with Crippen LogP contribution >= 0.6 is 58.0 Å². The second kappa shape index (κ2) is 18.3. The van der Waals surface area contributed by atoms with Crippen molar-refractivity contribution < 1.29 is 27.1 Å². The van der Waals surface area contributed by atoms with Gasteiger partial charge in [-0.25, -0.2) is 8.78 Å². The number of aryl methyl sites for hydroxylation is 1. The van der Waals surface area contributed by atoms with E-state index in [-0.39, 0.29) is 95.9 Å².